The Morgan fingerprint density at radius 2 is 2.15 bits per heavy atom. The van der Waals surface area contributed by atoms with Crippen molar-refractivity contribution in [3.05, 3.63) is 34.9 Å². The number of hydrogen-bond donors (Lipinski definition) is 0. The molecule has 0 saturated carbocycles. The van der Waals surface area contributed by atoms with Crippen LogP contribution < -0.4 is 0 Å². The van der Waals surface area contributed by atoms with Crippen LogP contribution in [0.25, 0.3) is 0 Å². The lowest BCUT2D eigenvalue weighted by molar-refractivity contribution is -0.137. The minimum atomic E-state index is -4.48. The van der Waals surface area contributed by atoms with Gasteiger partial charge < -0.3 is 0 Å². The number of carbonyl (C=O) groups excluding carboxylic acids is 1. The molecule has 2 rings (SSSR count). The second-order valence-electron chi connectivity index (χ2n) is 5.52. The lowest BCUT2D eigenvalue weighted by Crippen LogP contribution is -2.33. The van der Waals surface area contributed by atoms with E-state index in [-0.39, 0.29) is 11.8 Å². The summed E-state index contributed by atoms with van der Waals surface area (Å²) in [5, 5.41) is 0. The molecular weight excluding hydrogens is 267 g/mol. The van der Waals surface area contributed by atoms with Gasteiger partial charge in [0.05, 0.1) is 5.56 Å². The second kappa shape index (κ2) is 5.95. The van der Waals surface area contributed by atoms with Crippen LogP contribution in [0.15, 0.2) is 18.2 Å². The van der Waals surface area contributed by atoms with Crippen LogP contribution in [0.3, 0.4) is 0 Å². The number of benzene rings is 1. The van der Waals surface area contributed by atoms with Crippen molar-refractivity contribution in [3.8, 4) is 0 Å². The average molecular weight is 285 g/mol. The van der Waals surface area contributed by atoms with E-state index in [4.69, 9.17) is 0 Å². The van der Waals surface area contributed by atoms with E-state index in [1.54, 1.807) is 6.07 Å². The summed E-state index contributed by atoms with van der Waals surface area (Å²) in [5.41, 5.74) is -0.527. The summed E-state index contributed by atoms with van der Waals surface area (Å²) in [5.74, 6) is 0.583. The van der Waals surface area contributed by atoms with Gasteiger partial charge in [-0.1, -0.05) is 19.1 Å². The molecule has 110 valence electrons. The maximum absolute atomic E-state index is 12.9. The van der Waals surface area contributed by atoms with Crippen molar-refractivity contribution in [3.63, 3.8) is 0 Å². The van der Waals surface area contributed by atoms with Crippen molar-refractivity contribution >= 4 is 6.29 Å². The highest BCUT2D eigenvalue weighted by atomic mass is 19.4. The van der Waals surface area contributed by atoms with E-state index in [9.17, 15) is 18.0 Å². The molecular formula is C15H18F3NO. The zero-order valence-electron chi connectivity index (χ0n) is 11.4. The van der Waals surface area contributed by atoms with Crippen LogP contribution in [0.2, 0.25) is 0 Å². The molecule has 0 radical (unpaired) electrons. The number of nitrogens with zero attached hydrogens (tertiary/aromatic N) is 1. The maximum atomic E-state index is 12.9. The van der Waals surface area contributed by atoms with Gasteiger partial charge in [-0.25, -0.2) is 0 Å². The summed E-state index contributed by atoms with van der Waals surface area (Å²) in [6, 6.07) is 3.97. The summed E-state index contributed by atoms with van der Waals surface area (Å²) in [4.78, 5) is 12.9. The summed E-state index contributed by atoms with van der Waals surface area (Å²) in [6.45, 7) is 4.49. The first-order chi connectivity index (χ1) is 9.40. The topological polar surface area (TPSA) is 20.3 Å². The standard InChI is InChI=1S/C15H18F3NO/c1-11-3-2-6-19(8-11)9-12-4-5-13(10-20)14(7-12)15(16,17)18/h4-5,7,10-11H,2-3,6,8-9H2,1H3/t11-/m0/s1. The smallest absolute Gasteiger partial charge is 0.299 e. The molecule has 20 heavy (non-hydrogen) atoms. The van der Waals surface area contributed by atoms with Gasteiger partial charge in [0.1, 0.15) is 0 Å². The quantitative estimate of drug-likeness (QED) is 0.788. The molecule has 0 spiro atoms. The SMILES string of the molecule is C[C@H]1CCCN(Cc2ccc(C=O)c(C(F)(F)F)c2)C1. The van der Waals surface area contributed by atoms with E-state index in [0.717, 1.165) is 25.6 Å². The predicted molar refractivity (Wildman–Crippen MR) is 70.5 cm³/mol. The third kappa shape index (κ3) is 3.60. The highest BCUT2D eigenvalue weighted by Crippen LogP contribution is 2.32. The Balaban J connectivity index is 2.18. The molecule has 1 aliphatic heterocycles. The molecule has 5 heteroatoms. The Bertz CT molecular complexity index is 484. The maximum Gasteiger partial charge on any atom is 0.417 e. The Morgan fingerprint density at radius 1 is 1.40 bits per heavy atom. The lowest BCUT2D eigenvalue weighted by Gasteiger charge is -2.31. The molecule has 0 amide bonds. The summed E-state index contributed by atoms with van der Waals surface area (Å²) in [7, 11) is 0. The minimum Gasteiger partial charge on any atom is -0.299 e. The van der Waals surface area contributed by atoms with Crippen LogP contribution in [0.5, 0.6) is 0 Å². The van der Waals surface area contributed by atoms with E-state index < -0.39 is 11.7 Å². The number of rotatable bonds is 3. The lowest BCUT2D eigenvalue weighted by atomic mass is 9.99. The van der Waals surface area contributed by atoms with Crippen molar-refractivity contribution in [1.29, 1.82) is 0 Å². The van der Waals surface area contributed by atoms with Gasteiger partial charge in [-0.2, -0.15) is 13.2 Å². The zero-order valence-corrected chi connectivity index (χ0v) is 11.4. The molecule has 1 heterocycles. The predicted octanol–water partition coefficient (Wildman–Crippen LogP) is 3.75. The van der Waals surface area contributed by atoms with Gasteiger partial charge in [-0.3, -0.25) is 9.69 Å². The highest BCUT2D eigenvalue weighted by Gasteiger charge is 2.33. The molecule has 2 nitrogen and oxygen atoms in total. The number of carbonyl (C=O) groups is 1. The highest BCUT2D eigenvalue weighted by molar-refractivity contribution is 5.77. The van der Waals surface area contributed by atoms with Gasteiger partial charge in [-0.15, -0.1) is 0 Å². The first kappa shape index (κ1) is 15.0. The molecule has 1 aliphatic rings. The third-order valence-corrected chi connectivity index (χ3v) is 3.70. The summed E-state index contributed by atoms with van der Waals surface area (Å²) < 4.78 is 38.7. The molecule has 0 aromatic heterocycles. The molecule has 1 aromatic carbocycles. The normalized spacial score (nSPS) is 20.9. The number of likely N-dealkylation sites (tertiary alicyclic amines) is 1. The summed E-state index contributed by atoms with van der Waals surface area (Å²) in [6.07, 6.45) is -1.97. The second-order valence-corrected chi connectivity index (χ2v) is 5.52. The molecule has 0 bridgehead atoms. The molecule has 0 unspecified atom stereocenters. The van der Waals surface area contributed by atoms with E-state index in [2.05, 4.69) is 11.8 Å². The van der Waals surface area contributed by atoms with E-state index in [1.165, 1.54) is 12.5 Å². The first-order valence-corrected chi connectivity index (χ1v) is 6.78. The van der Waals surface area contributed by atoms with Crippen LogP contribution in [0, 0.1) is 5.92 Å². The number of aldehydes is 1. The van der Waals surface area contributed by atoms with Gasteiger partial charge >= 0.3 is 6.18 Å². The van der Waals surface area contributed by atoms with Crippen molar-refractivity contribution in [1.82, 2.24) is 4.90 Å². The number of hydrogen-bond acceptors (Lipinski definition) is 2. The molecule has 1 fully saturated rings. The third-order valence-electron chi connectivity index (χ3n) is 3.70. The molecule has 1 saturated heterocycles. The van der Waals surface area contributed by atoms with Crippen LogP contribution in [0.1, 0.15) is 41.3 Å². The number of halogens is 3. The number of piperidine rings is 1. The molecule has 1 atom stereocenters. The Kier molecular flexibility index (Phi) is 4.48. The van der Waals surface area contributed by atoms with E-state index in [1.807, 2.05) is 0 Å². The van der Waals surface area contributed by atoms with Crippen molar-refractivity contribution in [2.75, 3.05) is 13.1 Å². The van der Waals surface area contributed by atoms with Gasteiger partial charge in [-0.05, 0) is 36.9 Å². The van der Waals surface area contributed by atoms with Crippen molar-refractivity contribution < 1.29 is 18.0 Å². The van der Waals surface area contributed by atoms with Crippen LogP contribution in [-0.2, 0) is 12.7 Å². The minimum absolute atomic E-state index is 0.259. The first-order valence-electron chi connectivity index (χ1n) is 6.78. The monoisotopic (exact) mass is 285 g/mol. The Labute approximate surface area is 116 Å². The fourth-order valence-electron chi connectivity index (χ4n) is 2.74. The largest absolute Gasteiger partial charge is 0.417 e. The van der Waals surface area contributed by atoms with Gasteiger partial charge in [0.25, 0.3) is 0 Å². The number of alkyl halides is 3. The van der Waals surface area contributed by atoms with E-state index in [0.29, 0.717) is 18.0 Å². The van der Waals surface area contributed by atoms with Crippen LogP contribution in [0.4, 0.5) is 13.2 Å². The summed E-state index contributed by atoms with van der Waals surface area (Å²) >= 11 is 0. The zero-order chi connectivity index (χ0) is 14.8. The fourth-order valence-corrected chi connectivity index (χ4v) is 2.74. The Hall–Kier alpha value is -1.36. The molecule has 0 N–H and O–H groups in total. The molecule has 1 aromatic rings. The van der Waals surface area contributed by atoms with Crippen molar-refractivity contribution in [2.45, 2.75) is 32.5 Å². The Morgan fingerprint density at radius 3 is 2.75 bits per heavy atom. The van der Waals surface area contributed by atoms with Crippen LogP contribution >= 0.6 is 0 Å². The van der Waals surface area contributed by atoms with E-state index >= 15 is 0 Å². The van der Waals surface area contributed by atoms with Gasteiger partial charge in [0.2, 0.25) is 0 Å². The fraction of sp³-hybridized carbons (Fsp3) is 0.533. The van der Waals surface area contributed by atoms with Crippen molar-refractivity contribution in [2.24, 2.45) is 5.92 Å². The van der Waals surface area contributed by atoms with Gasteiger partial charge in [0, 0.05) is 18.7 Å². The van der Waals surface area contributed by atoms with Gasteiger partial charge in [0.15, 0.2) is 6.29 Å². The average Bonchev–Trinajstić information content (AvgIpc) is 2.37. The molecule has 0 aliphatic carbocycles. The van der Waals surface area contributed by atoms with Crippen LogP contribution in [-0.4, -0.2) is 24.3 Å².